The fourth-order valence-corrected chi connectivity index (χ4v) is 3.24. The van der Waals surface area contributed by atoms with Gasteiger partial charge in [-0.25, -0.2) is 0 Å². The Hall–Kier alpha value is -0.561. The molecule has 2 heteroatoms. The van der Waals surface area contributed by atoms with Gasteiger partial charge in [-0.05, 0) is 0 Å². The van der Waals surface area contributed by atoms with E-state index in [9.17, 15) is 0 Å². The maximum absolute atomic E-state index is 5.75. The molecule has 0 saturated heterocycles. The second-order valence-electron chi connectivity index (χ2n) is 4.07. The Morgan fingerprint density at radius 2 is 2.12 bits per heavy atom. The van der Waals surface area contributed by atoms with Gasteiger partial charge in [0, 0.05) is 0 Å². The normalized spacial score (nSPS) is 19.9. The zero-order chi connectivity index (χ0) is 11.1. The van der Waals surface area contributed by atoms with Gasteiger partial charge in [-0.1, -0.05) is 0 Å². The molecule has 1 nitrogen and oxygen atoms in total. The van der Waals surface area contributed by atoms with Crippen LogP contribution in [0.2, 0.25) is 0 Å². The third-order valence-electron chi connectivity index (χ3n) is 2.74. The Morgan fingerprint density at radius 3 is 2.88 bits per heavy atom. The van der Waals surface area contributed by atoms with Crippen molar-refractivity contribution in [3.63, 3.8) is 0 Å². The van der Waals surface area contributed by atoms with Gasteiger partial charge in [0.25, 0.3) is 0 Å². The van der Waals surface area contributed by atoms with Crippen LogP contribution in [0.3, 0.4) is 0 Å². The van der Waals surface area contributed by atoms with E-state index < -0.39 is 0 Å². The van der Waals surface area contributed by atoms with Crippen molar-refractivity contribution < 1.29 is 4.74 Å². The minimum atomic E-state index is 0.472. The van der Waals surface area contributed by atoms with Crippen molar-refractivity contribution >= 4 is 19.4 Å². The Morgan fingerprint density at radius 1 is 1.25 bits per heavy atom. The summed E-state index contributed by atoms with van der Waals surface area (Å²) in [6.45, 7) is 0.908. The van der Waals surface area contributed by atoms with Crippen molar-refractivity contribution in [2.75, 3.05) is 12.1 Å². The number of allylic oxidation sites excluding steroid dienone is 1. The second-order valence-corrected chi connectivity index (χ2v) is 6.15. The minimum absolute atomic E-state index is 0.472. The van der Waals surface area contributed by atoms with E-state index in [0.29, 0.717) is 20.9 Å². The summed E-state index contributed by atoms with van der Waals surface area (Å²) in [6.07, 6.45) is 8.49. The van der Waals surface area contributed by atoms with Gasteiger partial charge >= 0.3 is 104 Å². The first-order chi connectivity index (χ1) is 7.95. The third kappa shape index (κ3) is 4.13. The summed E-state index contributed by atoms with van der Waals surface area (Å²) in [5, 5.41) is 0. The van der Waals surface area contributed by atoms with Crippen LogP contribution in [0.15, 0.2) is 42.5 Å². The van der Waals surface area contributed by atoms with E-state index in [1.165, 1.54) is 23.7 Å². The molecule has 0 N–H and O–H groups in total. The van der Waals surface area contributed by atoms with Crippen LogP contribution in [0, 0.1) is 5.92 Å². The fourth-order valence-electron chi connectivity index (χ4n) is 1.85. The van der Waals surface area contributed by atoms with Gasteiger partial charge in [0.05, 0.1) is 0 Å². The van der Waals surface area contributed by atoms with Crippen LogP contribution in [0.1, 0.15) is 19.3 Å². The predicted molar refractivity (Wildman–Crippen MR) is 69.1 cm³/mol. The van der Waals surface area contributed by atoms with Crippen LogP contribution in [-0.2, 0) is 4.74 Å². The molecule has 0 heterocycles. The maximum atomic E-state index is 5.75. The van der Waals surface area contributed by atoms with Crippen molar-refractivity contribution in [3.8, 4) is 0 Å². The molecule has 0 spiro atoms. The van der Waals surface area contributed by atoms with Gasteiger partial charge in [0.1, 0.15) is 0 Å². The average molecular weight is 281 g/mol. The molecule has 1 unspecified atom stereocenters. The molecule has 16 heavy (non-hydrogen) atoms. The average Bonchev–Trinajstić information content (AvgIpc) is 2.37. The number of rotatable bonds is 5. The van der Waals surface area contributed by atoms with Crippen molar-refractivity contribution in [1.82, 2.24) is 0 Å². The zero-order valence-corrected chi connectivity index (χ0v) is 11.2. The molecule has 1 aromatic carbocycles. The van der Waals surface area contributed by atoms with Crippen LogP contribution in [-0.4, -0.2) is 27.1 Å². The number of hydrogen-bond acceptors (Lipinski definition) is 1. The van der Waals surface area contributed by atoms with Crippen LogP contribution in [0.4, 0.5) is 0 Å². The molecule has 0 saturated carbocycles. The summed E-state index contributed by atoms with van der Waals surface area (Å²) in [5.41, 5.74) is 0.904. The molecule has 0 aliphatic heterocycles. The molecular formula is C14H18OSe. The van der Waals surface area contributed by atoms with E-state index in [4.69, 9.17) is 4.74 Å². The molecular weight excluding hydrogens is 263 g/mol. The molecule has 0 radical (unpaired) electrons. The molecule has 0 fully saturated rings. The van der Waals surface area contributed by atoms with Crippen LogP contribution in [0.5, 0.6) is 0 Å². The molecule has 1 aliphatic carbocycles. The third-order valence-corrected chi connectivity index (χ3v) is 4.61. The zero-order valence-electron chi connectivity index (χ0n) is 9.47. The Balaban J connectivity index is 1.61. The fraction of sp³-hybridized carbons (Fsp3) is 0.429. The molecule has 2 rings (SSSR count). The molecule has 0 amide bonds. The van der Waals surface area contributed by atoms with Gasteiger partial charge in [-0.15, -0.1) is 0 Å². The van der Waals surface area contributed by atoms with Gasteiger partial charge in [0.15, 0.2) is 0 Å². The number of hydrogen-bond donors (Lipinski definition) is 0. The Bertz CT molecular complexity index is 321. The molecule has 0 bridgehead atoms. The first-order valence-corrected chi connectivity index (χ1v) is 7.94. The molecule has 1 aromatic rings. The Labute approximate surface area is 104 Å². The van der Waals surface area contributed by atoms with E-state index in [1.54, 1.807) is 0 Å². The summed E-state index contributed by atoms with van der Waals surface area (Å²) in [7, 11) is 0. The summed E-state index contributed by atoms with van der Waals surface area (Å²) in [4.78, 5) is 0. The van der Waals surface area contributed by atoms with E-state index in [2.05, 4.69) is 42.5 Å². The van der Waals surface area contributed by atoms with Gasteiger partial charge < -0.3 is 0 Å². The second kappa shape index (κ2) is 6.90. The number of ether oxygens (including phenoxy) is 1. The van der Waals surface area contributed by atoms with Crippen molar-refractivity contribution in [2.24, 2.45) is 5.92 Å². The summed E-state index contributed by atoms with van der Waals surface area (Å²) in [5.74, 6) is 0.667. The van der Waals surface area contributed by atoms with Crippen LogP contribution >= 0.6 is 0 Å². The van der Waals surface area contributed by atoms with E-state index in [0.717, 1.165) is 12.1 Å². The summed E-state index contributed by atoms with van der Waals surface area (Å²) < 4.78 is 7.18. The van der Waals surface area contributed by atoms with Gasteiger partial charge in [0.2, 0.25) is 0 Å². The molecule has 1 atom stereocenters. The van der Waals surface area contributed by atoms with E-state index >= 15 is 0 Å². The predicted octanol–water partition coefficient (Wildman–Crippen LogP) is 2.35. The summed E-state index contributed by atoms with van der Waals surface area (Å²) in [6, 6.07) is 10.6. The van der Waals surface area contributed by atoms with Gasteiger partial charge in [-0.3, -0.25) is 0 Å². The molecule has 86 valence electrons. The molecule has 1 aliphatic rings. The van der Waals surface area contributed by atoms with Crippen molar-refractivity contribution in [3.05, 3.63) is 42.5 Å². The Kier molecular flexibility index (Phi) is 5.14. The van der Waals surface area contributed by atoms with Crippen molar-refractivity contribution in [2.45, 2.75) is 19.3 Å². The standard InChI is InChI=1S/C14H18OSe/c1-3-7-13(8-4-1)11-15-12-16-14-9-5-2-6-10-14/h2-3,5-7,9-10,13H,1,4,8,11-12H2. The van der Waals surface area contributed by atoms with E-state index in [-0.39, 0.29) is 0 Å². The van der Waals surface area contributed by atoms with Crippen LogP contribution in [0.25, 0.3) is 0 Å². The SMILES string of the molecule is C1=CC(COC[Se]c2ccccc2)CCC1. The molecule has 0 aromatic heterocycles. The first kappa shape index (κ1) is 11.9. The van der Waals surface area contributed by atoms with E-state index in [1.807, 2.05) is 0 Å². The summed E-state index contributed by atoms with van der Waals surface area (Å²) >= 11 is 0.472. The van der Waals surface area contributed by atoms with Crippen LogP contribution < -0.4 is 4.46 Å². The quantitative estimate of drug-likeness (QED) is 0.457. The van der Waals surface area contributed by atoms with Gasteiger partial charge in [-0.2, -0.15) is 0 Å². The number of benzene rings is 1. The van der Waals surface area contributed by atoms with Crippen molar-refractivity contribution in [1.29, 1.82) is 0 Å². The monoisotopic (exact) mass is 282 g/mol. The topological polar surface area (TPSA) is 9.23 Å². The first-order valence-electron chi connectivity index (χ1n) is 5.87.